The number of hydrogen-bond donors (Lipinski definition) is 0. The van der Waals surface area contributed by atoms with Crippen LogP contribution in [0.2, 0.25) is 0 Å². The van der Waals surface area contributed by atoms with Crippen molar-refractivity contribution in [3.05, 3.63) is 69.4 Å². The Labute approximate surface area is 231 Å². The van der Waals surface area contributed by atoms with Gasteiger partial charge < -0.3 is 4.74 Å². The molecule has 0 aliphatic carbocycles. The third-order valence-corrected chi connectivity index (χ3v) is 7.21. The Balaban J connectivity index is 1.75. The van der Waals surface area contributed by atoms with Crippen LogP contribution in [0.5, 0.6) is 0 Å². The van der Waals surface area contributed by atoms with Gasteiger partial charge in [-0.25, -0.2) is 27.4 Å². The van der Waals surface area contributed by atoms with Crippen molar-refractivity contribution in [2.24, 2.45) is 4.36 Å². The van der Waals surface area contributed by atoms with Gasteiger partial charge in [-0.2, -0.15) is 4.36 Å². The van der Waals surface area contributed by atoms with Crippen LogP contribution in [0, 0.1) is 5.82 Å². The largest absolute Gasteiger partial charge is 0.446 e. The first-order chi connectivity index (χ1) is 18.3. The summed E-state index contributed by atoms with van der Waals surface area (Å²) in [6, 6.07) is 12.6. The van der Waals surface area contributed by atoms with Crippen LogP contribution in [0.4, 0.5) is 20.7 Å². The van der Waals surface area contributed by atoms with E-state index in [-0.39, 0.29) is 39.8 Å². The van der Waals surface area contributed by atoms with Gasteiger partial charge in [-0.05, 0) is 77.3 Å². The number of carbonyl (C=O) groups is 1. The monoisotopic (exact) mass is 622 g/mol. The molecule has 0 aliphatic heterocycles. The Morgan fingerprint density at radius 3 is 2.56 bits per heavy atom. The van der Waals surface area contributed by atoms with Crippen molar-refractivity contribution >= 4 is 43.3 Å². The molecule has 0 aliphatic rings. The molecular weight excluding hydrogens is 599 g/mol. The summed E-state index contributed by atoms with van der Waals surface area (Å²) in [5, 5.41) is 11.5. The van der Waals surface area contributed by atoms with E-state index in [4.69, 9.17) is 13.9 Å². The number of ether oxygens (including phenoxy) is 1. The number of amides is 1. The van der Waals surface area contributed by atoms with Crippen LogP contribution in [0.25, 0.3) is 17.2 Å². The van der Waals surface area contributed by atoms with E-state index in [0.717, 1.165) is 15.5 Å². The molecule has 0 saturated heterocycles. The van der Waals surface area contributed by atoms with Crippen LogP contribution in [-0.2, 0) is 14.5 Å². The second-order valence-electron chi connectivity index (χ2n) is 9.36. The number of nitrogens with zero attached hydrogens (tertiary/aromatic N) is 6. The van der Waals surface area contributed by atoms with Gasteiger partial charge in [0.1, 0.15) is 11.4 Å². The van der Waals surface area contributed by atoms with Crippen molar-refractivity contribution in [2.75, 3.05) is 23.5 Å². The number of benzene rings is 2. The van der Waals surface area contributed by atoms with Gasteiger partial charge in [-0.3, -0.25) is 9.42 Å². The van der Waals surface area contributed by atoms with E-state index in [1.54, 1.807) is 45.0 Å². The highest BCUT2D eigenvalue weighted by molar-refractivity contribution is 9.10. The highest BCUT2D eigenvalue weighted by Crippen LogP contribution is 2.29. The maximum Gasteiger partial charge on any atom is 0.446 e. The molecule has 1 atom stereocenters. The van der Waals surface area contributed by atoms with Crippen LogP contribution in [0.3, 0.4) is 0 Å². The zero-order valence-electron chi connectivity index (χ0n) is 21.3. The first kappa shape index (κ1) is 28.2. The van der Waals surface area contributed by atoms with Crippen LogP contribution >= 0.6 is 15.9 Å². The maximum atomic E-state index is 13.8. The molecule has 2 aromatic heterocycles. The Kier molecular flexibility index (Phi) is 8.02. The molecule has 0 fully saturated rings. The Bertz CT molecular complexity index is 1670. The second-order valence-corrected chi connectivity index (χ2v) is 12.7. The third-order valence-electron chi connectivity index (χ3n) is 5.07. The van der Waals surface area contributed by atoms with Gasteiger partial charge in [0.05, 0.1) is 31.3 Å². The standard InChI is InChI=1S/C24H24BrFN6O6S/c1-24(2,3)36-22(33)31(12-13-39(4,35)30-15-8-6-5-7-9-15)20-19(27-38-29-20)21-28-37-23(34)32(21)16-10-11-18(26)17(25)14-16/h5-11,14H,12-13H2,1-4H3. The number of rotatable bonds is 7. The first-order valence-electron chi connectivity index (χ1n) is 11.5. The molecule has 15 heteroatoms. The lowest BCUT2D eigenvalue weighted by Crippen LogP contribution is -2.40. The van der Waals surface area contributed by atoms with Crippen molar-refractivity contribution in [3.63, 3.8) is 0 Å². The maximum absolute atomic E-state index is 13.8. The fraction of sp³-hybridized carbons (Fsp3) is 0.292. The molecule has 0 spiro atoms. The van der Waals surface area contributed by atoms with Crippen LogP contribution < -0.4 is 10.7 Å². The van der Waals surface area contributed by atoms with Crippen LogP contribution in [0.15, 0.2) is 71.3 Å². The summed E-state index contributed by atoms with van der Waals surface area (Å²) in [5.74, 6) is -1.85. The molecule has 1 unspecified atom stereocenters. The minimum absolute atomic E-state index is 0.0655. The van der Waals surface area contributed by atoms with Crippen LogP contribution in [-0.4, -0.2) is 54.5 Å². The zero-order valence-corrected chi connectivity index (χ0v) is 23.7. The zero-order chi connectivity index (χ0) is 28.4. The topological polar surface area (TPSA) is 146 Å². The molecule has 4 aromatic rings. The molecule has 206 valence electrons. The van der Waals surface area contributed by atoms with E-state index < -0.39 is 33.0 Å². The molecule has 2 heterocycles. The predicted molar refractivity (Wildman–Crippen MR) is 144 cm³/mol. The Morgan fingerprint density at radius 1 is 1.18 bits per heavy atom. The summed E-state index contributed by atoms with van der Waals surface area (Å²) in [7, 11) is -2.81. The summed E-state index contributed by atoms with van der Waals surface area (Å²) >= 11 is 3.08. The second kappa shape index (κ2) is 11.1. The van der Waals surface area contributed by atoms with Crippen molar-refractivity contribution in [3.8, 4) is 17.2 Å². The molecule has 2 aromatic carbocycles. The summed E-state index contributed by atoms with van der Waals surface area (Å²) in [5.41, 5.74) is -0.310. The lowest BCUT2D eigenvalue weighted by atomic mass is 10.2. The number of hydrogen-bond acceptors (Lipinski definition) is 10. The minimum Gasteiger partial charge on any atom is -0.443 e. The molecule has 0 radical (unpaired) electrons. The molecule has 1 amide bonds. The quantitative estimate of drug-likeness (QED) is 0.279. The smallest absolute Gasteiger partial charge is 0.443 e. The van der Waals surface area contributed by atoms with Gasteiger partial charge in [0.2, 0.25) is 11.6 Å². The normalized spacial score (nSPS) is 13.1. The molecule has 0 bridgehead atoms. The molecular formula is C24H24BrFN6O6S. The number of carbonyl (C=O) groups excluding carboxylic acids is 1. The highest BCUT2D eigenvalue weighted by Gasteiger charge is 2.32. The van der Waals surface area contributed by atoms with Crippen molar-refractivity contribution in [1.82, 2.24) is 20.0 Å². The van der Waals surface area contributed by atoms with Crippen molar-refractivity contribution < 1.29 is 27.3 Å². The van der Waals surface area contributed by atoms with Gasteiger partial charge >= 0.3 is 11.8 Å². The van der Waals surface area contributed by atoms with E-state index in [2.05, 4.69) is 35.8 Å². The van der Waals surface area contributed by atoms with Crippen molar-refractivity contribution in [1.29, 1.82) is 0 Å². The summed E-state index contributed by atoms with van der Waals surface area (Å²) in [6.07, 6.45) is 0.632. The average Bonchev–Trinajstić information content (AvgIpc) is 3.47. The van der Waals surface area contributed by atoms with Gasteiger partial charge in [-0.15, -0.1) is 0 Å². The van der Waals surface area contributed by atoms with Gasteiger partial charge in [0, 0.05) is 12.8 Å². The number of anilines is 1. The van der Waals surface area contributed by atoms with Crippen molar-refractivity contribution in [2.45, 2.75) is 26.4 Å². The van der Waals surface area contributed by atoms with Gasteiger partial charge in [0.15, 0.2) is 5.69 Å². The SMILES string of the molecule is CC(C)(C)OC(=O)N(CCS(C)(=O)=Nc1ccccc1)c1nonc1-c1noc(=O)n1-c1ccc(F)c(Br)c1. The number of halogens is 2. The van der Waals surface area contributed by atoms with Gasteiger partial charge in [-0.1, -0.05) is 23.4 Å². The fourth-order valence-corrected chi connectivity index (χ4v) is 4.92. The van der Waals surface area contributed by atoms with Gasteiger partial charge in [0.25, 0.3) is 0 Å². The van der Waals surface area contributed by atoms with Crippen LogP contribution in [0.1, 0.15) is 20.8 Å². The highest BCUT2D eigenvalue weighted by atomic mass is 79.9. The summed E-state index contributed by atoms with van der Waals surface area (Å²) in [4.78, 5) is 26.9. The predicted octanol–water partition coefficient (Wildman–Crippen LogP) is 4.95. The molecule has 0 N–H and O–H groups in total. The number of aromatic nitrogens is 4. The van der Waals surface area contributed by atoms with E-state index in [0.29, 0.717) is 5.69 Å². The Hall–Kier alpha value is -3.85. The lowest BCUT2D eigenvalue weighted by Gasteiger charge is -2.26. The van der Waals surface area contributed by atoms with E-state index in [1.165, 1.54) is 18.4 Å². The van der Waals surface area contributed by atoms with E-state index in [9.17, 15) is 18.2 Å². The molecule has 4 rings (SSSR count). The lowest BCUT2D eigenvalue weighted by molar-refractivity contribution is 0.0580. The average molecular weight is 623 g/mol. The Morgan fingerprint density at radius 2 is 1.90 bits per heavy atom. The molecule has 39 heavy (non-hydrogen) atoms. The van der Waals surface area contributed by atoms with E-state index >= 15 is 0 Å². The first-order valence-corrected chi connectivity index (χ1v) is 14.4. The fourth-order valence-electron chi connectivity index (χ4n) is 3.37. The third kappa shape index (κ3) is 6.78. The summed E-state index contributed by atoms with van der Waals surface area (Å²) < 4.78 is 47.8. The van der Waals surface area contributed by atoms with E-state index in [1.807, 2.05) is 6.07 Å². The molecule has 0 saturated carbocycles. The minimum atomic E-state index is -2.81. The molecule has 12 nitrogen and oxygen atoms in total. The summed E-state index contributed by atoms with van der Waals surface area (Å²) in [6.45, 7) is 4.88.